The van der Waals surface area contributed by atoms with Crippen molar-refractivity contribution in [3.8, 4) is 17.9 Å². The van der Waals surface area contributed by atoms with Gasteiger partial charge in [-0.2, -0.15) is 5.26 Å². The molecule has 0 spiro atoms. The number of hydrogen-bond acceptors (Lipinski definition) is 3. The second kappa shape index (κ2) is 11.3. The number of nitriles is 1. The van der Waals surface area contributed by atoms with Crippen molar-refractivity contribution in [1.29, 1.82) is 5.26 Å². The van der Waals surface area contributed by atoms with E-state index in [1.165, 1.54) is 12.3 Å². The number of rotatable bonds is 5. The van der Waals surface area contributed by atoms with Crippen LogP contribution in [0.4, 0.5) is 0 Å². The van der Waals surface area contributed by atoms with E-state index in [1.54, 1.807) is 0 Å². The molecule has 0 aromatic heterocycles. The van der Waals surface area contributed by atoms with Gasteiger partial charge in [0.15, 0.2) is 0 Å². The summed E-state index contributed by atoms with van der Waals surface area (Å²) >= 11 is 0. The maximum Gasteiger partial charge on any atom is 0.0908 e. The molecule has 3 heteroatoms. The van der Waals surface area contributed by atoms with E-state index in [-0.39, 0.29) is 0 Å². The molecule has 0 amide bonds. The Morgan fingerprint density at radius 1 is 1.21 bits per heavy atom. The van der Waals surface area contributed by atoms with Gasteiger partial charge in [-0.3, -0.25) is 0 Å². The highest BCUT2D eigenvalue weighted by molar-refractivity contribution is 5.55. The molecule has 0 bridgehead atoms. The lowest BCUT2D eigenvalue weighted by Gasteiger charge is -1.85. The van der Waals surface area contributed by atoms with Crippen molar-refractivity contribution in [1.82, 2.24) is 0 Å². The van der Waals surface area contributed by atoms with E-state index in [0.29, 0.717) is 0 Å². The molecule has 0 saturated heterocycles. The standard InChI is InChI=1S/C11H14N2O/c12-10-8-6-4-2-1-3-5-7-9-11-13-14/h6,8,11,14H,2,4-5,7,9H2/b8-6+,13-11+. The van der Waals surface area contributed by atoms with Gasteiger partial charge in [-0.1, -0.05) is 6.08 Å². The molecule has 0 unspecified atom stereocenters. The lowest BCUT2D eigenvalue weighted by Crippen LogP contribution is -1.75. The quantitative estimate of drug-likeness (QED) is 0.181. The summed E-state index contributed by atoms with van der Waals surface area (Å²) in [5.41, 5.74) is 0. The summed E-state index contributed by atoms with van der Waals surface area (Å²) in [7, 11) is 0. The van der Waals surface area contributed by atoms with E-state index in [4.69, 9.17) is 10.5 Å². The van der Waals surface area contributed by atoms with Crippen molar-refractivity contribution in [2.24, 2.45) is 5.16 Å². The largest absolute Gasteiger partial charge is 0.411 e. The Bertz CT molecular complexity index is 276. The van der Waals surface area contributed by atoms with E-state index in [1.807, 2.05) is 12.1 Å². The fraction of sp³-hybridized carbons (Fsp3) is 0.455. The highest BCUT2D eigenvalue weighted by Crippen LogP contribution is 1.92. The van der Waals surface area contributed by atoms with Gasteiger partial charge in [-0.05, 0) is 19.3 Å². The Morgan fingerprint density at radius 2 is 2.00 bits per heavy atom. The third kappa shape index (κ3) is 10.3. The van der Waals surface area contributed by atoms with E-state index in [2.05, 4.69) is 17.0 Å². The molecule has 74 valence electrons. The van der Waals surface area contributed by atoms with Crippen LogP contribution in [0.15, 0.2) is 17.3 Å². The van der Waals surface area contributed by atoms with Crippen LogP contribution in [0.2, 0.25) is 0 Å². The summed E-state index contributed by atoms with van der Waals surface area (Å²) in [6, 6.07) is 1.93. The zero-order valence-electron chi connectivity index (χ0n) is 8.11. The average molecular weight is 190 g/mol. The first-order valence-electron chi connectivity index (χ1n) is 4.58. The molecule has 0 heterocycles. The minimum atomic E-state index is 0.763. The number of hydrogen-bond donors (Lipinski definition) is 1. The predicted molar refractivity (Wildman–Crippen MR) is 55.9 cm³/mol. The van der Waals surface area contributed by atoms with E-state index in [0.717, 1.165) is 32.1 Å². The van der Waals surface area contributed by atoms with Crippen LogP contribution in [0.5, 0.6) is 0 Å². The van der Waals surface area contributed by atoms with Crippen LogP contribution < -0.4 is 0 Å². The van der Waals surface area contributed by atoms with E-state index < -0.39 is 0 Å². The number of nitrogens with zero attached hydrogens (tertiary/aromatic N) is 2. The highest BCUT2D eigenvalue weighted by atomic mass is 16.4. The van der Waals surface area contributed by atoms with Crippen molar-refractivity contribution in [3.05, 3.63) is 12.2 Å². The zero-order chi connectivity index (χ0) is 10.5. The lowest BCUT2D eigenvalue weighted by molar-refractivity contribution is 0.320. The van der Waals surface area contributed by atoms with E-state index in [9.17, 15) is 0 Å². The molecule has 0 rings (SSSR count). The van der Waals surface area contributed by atoms with Gasteiger partial charge in [-0.15, -0.1) is 17.0 Å². The maximum atomic E-state index is 8.18. The van der Waals surface area contributed by atoms with Crippen molar-refractivity contribution in [2.75, 3.05) is 0 Å². The maximum absolute atomic E-state index is 8.18. The van der Waals surface area contributed by atoms with Crippen molar-refractivity contribution in [3.63, 3.8) is 0 Å². The number of allylic oxidation sites excluding steroid dienone is 2. The zero-order valence-corrected chi connectivity index (χ0v) is 8.11. The molecular formula is C11H14N2O. The average Bonchev–Trinajstić information content (AvgIpc) is 2.21. The highest BCUT2D eigenvalue weighted by Gasteiger charge is 1.80. The first-order chi connectivity index (χ1) is 6.91. The van der Waals surface area contributed by atoms with E-state index >= 15 is 0 Å². The molecule has 0 atom stereocenters. The van der Waals surface area contributed by atoms with Crippen LogP contribution in [0.3, 0.4) is 0 Å². The van der Waals surface area contributed by atoms with Crippen LogP contribution in [0.1, 0.15) is 32.1 Å². The Hall–Kier alpha value is -1.74. The Labute approximate surface area is 84.7 Å². The number of unbranched alkanes of at least 4 members (excludes halogenated alkanes) is 3. The normalized spacial score (nSPS) is 9.93. The molecule has 0 fully saturated rings. The molecule has 0 aromatic carbocycles. The smallest absolute Gasteiger partial charge is 0.0908 e. The fourth-order valence-electron chi connectivity index (χ4n) is 0.808. The van der Waals surface area contributed by atoms with Crippen LogP contribution in [-0.2, 0) is 0 Å². The van der Waals surface area contributed by atoms with Gasteiger partial charge in [0.25, 0.3) is 0 Å². The van der Waals surface area contributed by atoms with Crippen LogP contribution in [0, 0.1) is 23.2 Å². The lowest BCUT2D eigenvalue weighted by atomic mass is 10.2. The van der Waals surface area contributed by atoms with Gasteiger partial charge < -0.3 is 5.21 Å². The van der Waals surface area contributed by atoms with Gasteiger partial charge in [-0.25, -0.2) is 0 Å². The Morgan fingerprint density at radius 3 is 2.71 bits per heavy atom. The van der Waals surface area contributed by atoms with Crippen molar-refractivity contribution < 1.29 is 5.21 Å². The second-order valence-electron chi connectivity index (χ2n) is 2.61. The van der Waals surface area contributed by atoms with Gasteiger partial charge in [0, 0.05) is 25.1 Å². The van der Waals surface area contributed by atoms with Crippen LogP contribution >= 0.6 is 0 Å². The minimum absolute atomic E-state index is 0.763. The fourth-order valence-corrected chi connectivity index (χ4v) is 0.808. The van der Waals surface area contributed by atoms with Crippen molar-refractivity contribution in [2.45, 2.75) is 32.1 Å². The summed E-state index contributed by atoms with van der Waals surface area (Å²) in [5.74, 6) is 6.01. The molecule has 14 heavy (non-hydrogen) atoms. The molecule has 0 saturated carbocycles. The molecule has 0 aliphatic carbocycles. The summed E-state index contributed by atoms with van der Waals surface area (Å²) in [5, 5.41) is 19.2. The third-order valence-corrected chi connectivity index (χ3v) is 1.47. The van der Waals surface area contributed by atoms with Gasteiger partial charge in [0.2, 0.25) is 0 Å². The predicted octanol–water partition coefficient (Wildman–Crippen LogP) is 2.48. The van der Waals surface area contributed by atoms with Crippen molar-refractivity contribution >= 4 is 6.21 Å². The topological polar surface area (TPSA) is 56.4 Å². The SMILES string of the molecule is N#C/C=C/CCC#CCCC/C=N/O. The molecule has 3 nitrogen and oxygen atoms in total. The Balaban J connectivity index is 3.27. The molecule has 1 N–H and O–H groups in total. The van der Waals surface area contributed by atoms with Gasteiger partial charge >= 0.3 is 0 Å². The van der Waals surface area contributed by atoms with Gasteiger partial charge in [0.1, 0.15) is 0 Å². The second-order valence-corrected chi connectivity index (χ2v) is 2.61. The first kappa shape index (κ1) is 12.3. The first-order valence-corrected chi connectivity index (χ1v) is 4.58. The molecule has 0 aliphatic heterocycles. The molecule has 0 aliphatic rings. The summed E-state index contributed by atoms with van der Waals surface area (Å²) in [4.78, 5) is 0. The van der Waals surface area contributed by atoms with Crippen LogP contribution in [0.25, 0.3) is 0 Å². The summed E-state index contributed by atoms with van der Waals surface area (Å²) in [6.45, 7) is 0. The summed E-state index contributed by atoms with van der Waals surface area (Å²) < 4.78 is 0. The van der Waals surface area contributed by atoms with Gasteiger partial charge in [0.05, 0.1) is 6.07 Å². The monoisotopic (exact) mass is 190 g/mol. The minimum Gasteiger partial charge on any atom is -0.411 e. The molecule has 0 radical (unpaired) electrons. The molecule has 0 aromatic rings. The Kier molecular flexibility index (Phi) is 9.86. The third-order valence-electron chi connectivity index (χ3n) is 1.47. The number of oxime groups is 1. The summed E-state index contributed by atoms with van der Waals surface area (Å²) in [6.07, 6.45) is 8.90. The van der Waals surface area contributed by atoms with Crippen LogP contribution in [-0.4, -0.2) is 11.4 Å². The molecular weight excluding hydrogens is 176 g/mol.